The number of halogens is 7. The number of nitrogens with two attached hydrogens (primary N) is 1. The molecule has 0 atom stereocenters. The predicted molar refractivity (Wildman–Crippen MR) is 590 cm³/mol. The minimum absolute atomic E-state index is 0. The van der Waals surface area contributed by atoms with Gasteiger partial charge in [0.2, 0.25) is 0 Å². The molecule has 7 saturated heterocycles. The van der Waals surface area contributed by atoms with Crippen molar-refractivity contribution in [3.63, 3.8) is 0 Å². The van der Waals surface area contributed by atoms with E-state index in [4.69, 9.17) is 87.4 Å². The number of ether oxygens (including phenoxy) is 5. The zero-order valence-corrected chi connectivity index (χ0v) is 95.1. The van der Waals surface area contributed by atoms with Crippen molar-refractivity contribution in [2.45, 2.75) is 150 Å². The standard InChI is InChI=1S/C22H29BN2O4.C19H21N5O2.C16H17BrN2O2.C12H24B2O4.C12H9BrClNO.C9H7BrN2.C4H4Cl2O3.C4H9NO.C3H4BrN3.CH4.CH3.V/c1-21(2)22(3,4)29-23(28-21)18-6-5-16-14-24-19(12-17(16)11-18)13-20(26)15-25-7-9-27-10-8-25;1-23-13-19(21-22-23)14-2-3-15-11-20-17(9-16(15)8-14)10-18(25)12-24-4-6-26-7-5-24;17-14-2-1-12-10-18-15(8-13(12)7-14)9-16(20)11-19-3-5-21-6-4-19;1-9(2)10(3,4)16-13(15-9)14-17-11(5,6)12(7,8)18-14;13-10-2-1-8-7-15-11(4-9(8)3-10)5-12(16)6-14;10-8-2-1-6-5-12-9(11)4-7(6)3-8;5-1-3(7)9-4(8)2-6;1-3-6-4-2-5-1;1-7-2-3(4)5-6-7;;;/h5-6,11-12,14H,7-10,13,15H2,1-4H3;2-3,8-9,11,13H,4-7,10,12H2,1H3;1-2,7-8,10H,3-6,9,11H2;1-8H3;1-4,7H,5-6H2;1-5H,(H2,11,12);1-2H2;5H,1-4H2;2H,1H3;1H4;1H3;/q;;;;;;;;;;-1;. The Kier molecular flexibility index (Phi) is 49.7. The fraction of sp³-hybridized carbons (Fsp3) is 0.456. The van der Waals surface area contributed by atoms with Crippen LogP contribution in [-0.4, -0.2) is 302 Å². The summed E-state index contributed by atoms with van der Waals surface area (Å²) in [7, 11) is 2.31. The Hall–Kier alpha value is -7.94. The molecule has 7 fully saturated rings. The molecule has 7 aliphatic heterocycles. The van der Waals surface area contributed by atoms with Gasteiger partial charge in [-0.3, -0.25) is 72.8 Å². The number of Topliss-reactive ketones (excluding diaryl/α,β-unsaturated/α-hetero) is 4. The van der Waals surface area contributed by atoms with Crippen molar-refractivity contribution in [3.05, 3.63) is 213 Å². The number of benzene rings is 5. The fourth-order valence-corrected chi connectivity index (χ4v) is 16.8. The number of aromatic nitrogens is 11. The van der Waals surface area contributed by atoms with E-state index in [1.165, 1.54) is 0 Å². The number of hydrogen-bond acceptors (Lipinski definition) is 31. The largest absolute Gasteiger partial charge is 0.494 e. The number of nitrogen functional groups attached to an aromatic ring is 1. The zero-order chi connectivity index (χ0) is 104. The minimum Gasteiger partial charge on any atom is -0.405 e. The maximum atomic E-state index is 12.5. The molecular weight excluding hydrogens is 2240 g/mol. The van der Waals surface area contributed by atoms with Crippen LogP contribution in [0.25, 0.3) is 65.1 Å². The van der Waals surface area contributed by atoms with E-state index >= 15 is 0 Å². The number of morpholine rings is 4. The number of nitrogens with one attached hydrogen (secondary N) is 1. The van der Waals surface area contributed by atoms with Crippen LogP contribution >= 0.6 is 98.5 Å². The Morgan fingerprint density at radius 2 is 0.714 bits per heavy atom. The first-order chi connectivity index (χ1) is 68.4. The molecule has 7 aliphatic rings. The van der Waals surface area contributed by atoms with Crippen molar-refractivity contribution < 1.29 is 98.9 Å². The molecule has 1 radical (unpaired) electrons. The second kappa shape index (κ2) is 58.8. The number of carbonyl (C=O) groups excluding carboxylic acids is 6. The van der Waals surface area contributed by atoms with Crippen LogP contribution in [0.2, 0.25) is 0 Å². The summed E-state index contributed by atoms with van der Waals surface area (Å²) >= 11 is 28.8. The maximum absolute atomic E-state index is 12.5. The molecule has 789 valence electrons. The van der Waals surface area contributed by atoms with Crippen LogP contribution in [0.15, 0.2) is 183 Å². The summed E-state index contributed by atoms with van der Waals surface area (Å²) in [6.07, 6.45) is 14.1. The molecule has 0 bridgehead atoms. The Bertz CT molecular complexity index is 6190. The van der Waals surface area contributed by atoms with E-state index < -0.39 is 33.1 Å². The van der Waals surface area contributed by atoms with E-state index in [-0.39, 0.29) is 108 Å². The van der Waals surface area contributed by atoms with E-state index in [9.17, 15) is 28.8 Å². The molecular formula is C103H131B3Br4Cl3N16O17V-. The average Bonchev–Trinajstić information content (AvgIpc) is 1.59. The Balaban J connectivity index is 0.000000208. The van der Waals surface area contributed by atoms with Gasteiger partial charge >= 0.3 is 33.1 Å². The summed E-state index contributed by atoms with van der Waals surface area (Å²) in [6, 6.07) is 40.0. The van der Waals surface area contributed by atoms with Gasteiger partial charge in [-0.1, -0.05) is 114 Å². The van der Waals surface area contributed by atoms with Crippen molar-refractivity contribution in [1.82, 2.24) is 74.9 Å². The Morgan fingerprint density at radius 3 is 1.03 bits per heavy atom. The third-order valence-corrected chi connectivity index (χ3v) is 27.6. The van der Waals surface area contributed by atoms with E-state index in [2.05, 4.69) is 174 Å². The summed E-state index contributed by atoms with van der Waals surface area (Å²) in [5.41, 5.74) is 9.36. The molecule has 19 rings (SSSR count). The summed E-state index contributed by atoms with van der Waals surface area (Å²) in [6.45, 7) is 38.8. The smallest absolute Gasteiger partial charge is 0.405 e. The molecule has 0 unspecified atom stereocenters. The van der Waals surface area contributed by atoms with Crippen LogP contribution in [-0.2, 0) is 139 Å². The Morgan fingerprint density at radius 1 is 0.395 bits per heavy atom. The molecule has 147 heavy (non-hydrogen) atoms. The summed E-state index contributed by atoms with van der Waals surface area (Å²) < 4.78 is 68.3. The first-order valence-electron chi connectivity index (χ1n) is 47.2. The van der Waals surface area contributed by atoms with Gasteiger partial charge in [0, 0.05) is 186 Å². The van der Waals surface area contributed by atoms with E-state index in [1.54, 1.807) is 28.0 Å². The molecule has 14 heterocycles. The number of esters is 2. The monoisotopic (exact) mass is 2370 g/mol. The summed E-state index contributed by atoms with van der Waals surface area (Å²) in [5.74, 6) is -1.05. The molecule has 0 aliphatic carbocycles. The van der Waals surface area contributed by atoms with Gasteiger partial charge in [0.15, 0.2) is 23.1 Å². The van der Waals surface area contributed by atoms with Crippen molar-refractivity contribution in [2.24, 2.45) is 14.1 Å². The van der Waals surface area contributed by atoms with Crippen molar-refractivity contribution in [1.29, 1.82) is 0 Å². The van der Waals surface area contributed by atoms with E-state index in [1.807, 2.05) is 203 Å². The molecule has 0 saturated carbocycles. The number of rotatable bonds is 20. The molecule has 7 aromatic heterocycles. The molecule has 0 spiro atoms. The molecule has 0 amide bonds. The first-order valence-corrected chi connectivity index (χ1v) is 52.0. The predicted octanol–water partition coefficient (Wildman–Crippen LogP) is 15.9. The summed E-state index contributed by atoms with van der Waals surface area (Å²) in [5, 5.41) is 29.3. The van der Waals surface area contributed by atoms with Crippen molar-refractivity contribution in [2.75, 3.05) is 148 Å². The maximum Gasteiger partial charge on any atom is 0.494 e. The van der Waals surface area contributed by atoms with Gasteiger partial charge in [-0.2, -0.15) is 0 Å². The van der Waals surface area contributed by atoms with Crippen LogP contribution in [0.5, 0.6) is 0 Å². The first kappa shape index (κ1) is 124. The van der Waals surface area contributed by atoms with Crippen molar-refractivity contribution >= 4 is 220 Å². The van der Waals surface area contributed by atoms with Crippen LogP contribution in [0, 0.1) is 7.43 Å². The molecule has 3 N–H and O–H groups in total. The van der Waals surface area contributed by atoms with Gasteiger partial charge in [0.05, 0.1) is 144 Å². The fourth-order valence-electron chi connectivity index (χ4n) is 15.1. The number of nitrogens with zero attached hydrogens (tertiary/aromatic N) is 14. The van der Waals surface area contributed by atoms with Gasteiger partial charge in [-0.15, -0.1) is 45.0 Å². The topological polar surface area (TPSA) is 378 Å². The molecule has 44 heteroatoms. The van der Waals surface area contributed by atoms with Gasteiger partial charge in [-0.25, -0.2) is 4.98 Å². The number of alkyl halides is 3. The van der Waals surface area contributed by atoms with Gasteiger partial charge < -0.3 is 70.1 Å². The number of hydrogen-bond donors (Lipinski definition) is 2. The third kappa shape index (κ3) is 38.7. The quantitative estimate of drug-likeness (QED) is 0.0235. The number of carbonyl (C=O) groups is 6. The molecule has 5 aromatic carbocycles. The van der Waals surface area contributed by atoms with Crippen LogP contribution in [0.1, 0.15) is 113 Å². The second-order valence-electron chi connectivity index (χ2n) is 37.9. The van der Waals surface area contributed by atoms with Gasteiger partial charge in [0.25, 0.3) is 0 Å². The summed E-state index contributed by atoms with van der Waals surface area (Å²) in [4.78, 5) is 96.5. The zero-order valence-electron chi connectivity index (χ0n) is 85.1. The van der Waals surface area contributed by atoms with Gasteiger partial charge in [-0.05, 0) is 210 Å². The second-order valence-corrected chi connectivity index (χ2v) is 42.3. The number of aryl methyl sites for hydroxylation is 2. The van der Waals surface area contributed by atoms with Gasteiger partial charge in [0.1, 0.15) is 27.9 Å². The van der Waals surface area contributed by atoms with E-state index in [0.29, 0.717) is 77.6 Å². The number of ketones is 4. The van der Waals surface area contributed by atoms with Crippen LogP contribution in [0.4, 0.5) is 5.82 Å². The average molecular weight is 2370 g/mol. The van der Waals surface area contributed by atoms with Crippen molar-refractivity contribution in [3.8, 4) is 11.3 Å². The SMILES string of the molecule is C.C1COCCN1.CC1(C)OB(B2OC(C)(C)C(C)(C)O2)OC1(C)C.CC1(C)OB(c2ccc3cnc(CC(=O)CN4CCOCC4)cc3c2)OC1(C)C.Cn1cc(-c2ccc3cnc(CC(=O)CN4CCOCC4)cc3c2)nn1.Cn1cc(Br)nn1.Nc1cc2cc(Br)ccc2cn1.O=C(CCl)Cc1cc2cc(Br)ccc2cn1.O=C(CCl)OC(=O)CCl.O=C(Cc1cc2cc(Br)ccc2cn1)CN1CCOCC1.[CH3-].[V]. The van der Waals surface area contributed by atoms with Crippen LogP contribution in [0.3, 0.4) is 0 Å². The number of pyridine rings is 5. The van der Waals surface area contributed by atoms with E-state index in [0.717, 1.165) is 190 Å². The molecule has 12 aromatic rings. The number of fused-ring (bicyclic) bond motifs is 5. The normalized spacial score (nSPS) is 17.2. The Labute approximate surface area is 922 Å². The minimum atomic E-state index is -0.776. The number of anilines is 1. The van der Waals surface area contributed by atoms with Crippen LogP contribution < -0.4 is 16.5 Å². The third-order valence-electron chi connectivity index (χ3n) is 25.0. The molecule has 33 nitrogen and oxygen atoms in total.